The molecule has 0 aliphatic carbocycles. The number of benzene rings is 8. The lowest BCUT2D eigenvalue weighted by Crippen LogP contribution is -2.24. The van der Waals surface area contributed by atoms with Crippen molar-refractivity contribution < 1.29 is 84.6 Å². The van der Waals surface area contributed by atoms with Crippen LogP contribution in [0.5, 0.6) is 74.7 Å². The number of phenolic OH excluding ortho intramolecular Hbond substituents is 7. The van der Waals surface area contributed by atoms with Gasteiger partial charge in [0.2, 0.25) is 5.75 Å². The highest BCUT2D eigenvalue weighted by molar-refractivity contribution is 5.57. The molecule has 12 rings (SSSR count). The van der Waals surface area contributed by atoms with Crippen molar-refractivity contribution >= 4 is 0 Å². The molecule has 82 heavy (non-hydrogen) atoms. The van der Waals surface area contributed by atoms with Gasteiger partial charge in [0.1, 0.15) is 57.5 Å². The first-order valence-corrected chi connectivity index (χ1v) is 26.5. The molecular formula is C65H66O17. The summed E-state index contributed by atoms with van der Waals surface area (Å²) in [6.07, 6.45) is -2.88. The van der Waals surface area contributed by atoms with E-state index in [0.717, 1.165) is 39.3 Å². The molecule has 0 saturated carbocycles. The Hall–Kier alpha value is -9.00. The fourth-order valence-electron chi connectivity index (χ4n) is 10.6. The fraction of sp³-hybridized carbons (Fsp3) is 0.262. The Labute approximate surface area is 473 Å². The standard InChI is InChI=1S/C17H18O4.C16H16O5.2C16H16O4/c1-10-15(18)8-7-13-16(19)14(9-21-17(10)13)11-3-5-12(20-2)6-4-11;1-20-10-4-2-9(3-5-10)12-8-21-16-11(14(12)18)6-7-13(17)15(16)19;1-9-14(18)7-6-12-15(19)13(8-20-16(9)12)10-2-4-11(17)5-3-10;1-9-14(18)6-5-12-15(19)13(8-20-16(9)12)10-3-2-4-11(17)7-10/h3-8,14,16,18-19H,9H2,1-2H3;2-7,12,14,17-19H,8H2,1H3;2*2-7,13,15,17-19H,8H2,1H3. The van der Waals surface area contributed by atoms with Crippen LogP contribution in [0.25, 0.3) is 0 Å². The maximum Gasteiger partial charge on any atom is 0.200 e. The van der Waals surface area contributed by atoms with E-state index in [9.17, 15) is 56.2 Å². The smallest absolute Gasteiger partial charge is 0.200 e. The Bertz CT molecular complexity index is 3390. The van der Waals surface area contributed by atoms with Crippen molar-refractivity contribution in [3.8, 4) is 74.7 Å². The van der Waals surface area contributed by atoms with Crippen molar-refractivity contribution in [1.82, 2.24) is 0 Å². The van der Waals surface area contributed by atoms with Gasteiger partial charge in [-0.05, 0) is 140 Å². The summed E-state index contributed by atoms with van der Waals surface area (Å²) in [7, 11) is 3.22. The van der Waals surface area contributed by atoms with E-state index in [4.69, 9.17) is 28.4 Å². The Morgan fingerprint density at radius 2 is 0.659 bits per heavy atom. The van der Waals surface area contributed by atoms with Crippen LogP contribution in [-0.2, 0) is 0 Å². The average molecular weight is 1120 g/mol. The highest BCUT2D eigenvalue weighted by Crippen LogP contribution is 2.50. The van der Waals surface area contributed by atoms with Gasteiger partial charge < -0.3 is 84.6 Å². The first kappa shape index (κ1) is 57.7. The molecule has 428 valence electrons. The van der Waals surface area contributed by atoms with E-state index in [0.29, 0.717) is 70.4 Å². The van der Waals surface area contributed by atoms with Crippen LogP contribution in [0.4, 0.5) is 0 Å². The lowest BCUT2D eigenvalue weighted by atomic mass is 9.86. The summed E-state index contributed by atoms with van der Waals surface area (Å²) >= 11 is 0. The molecule has 4 aliphatic rings. The van der Waals surface area contributed by atoms with Crippen LogP contribution in [0.2, 0.25) is 0 Å². The lowest BCUT2D eigenvalue weighted by Gasteiger charge is -2.31. The Kier molecular flexibility index (Phi) is 17.4. The molecule has 8 aromatic carbocycles. The van der Waals surface area contributed by atoms with E-state index < -0.39 is 24.4 Å². The van der Waals surface area contributed by atoms with E-state index in [2.05, 4.69) is 0 Å². The van der Waals surface area contributed by atoms with Crippen molar-refractivity contribution in [3.63, 3.8) is 0 Å². The second-order valence-electron chi connectivity index (χ2n) is 20.4. The number of ether oxygens (including phenoxy) is 6. The largest absolute Gasteiger partial charge is 0.508 e. The van der Waals surface area contributed by atoms with Gasteiger partial charge in [-0.15, -0.1) is 0 Å². The van der Waals surface area contributed by atoms with Crippen LogP contribution in [0.15, 0.2) is 146 Å². The number of hydrogen-bond donors (Lipinski definition) is 11. The van der Waals surface area contributed by atoms with Gasteiger partial charge in [0.25, 0.3) is 0 Å². The van der Waals surface area contributed by atoms with Gasteiger partial charge in [-0.1, -0.05) is 48.5 Å². The lowest BCUT2D eigenvalue weighted by molar-refractivity contribution is 0.0862. The Balaban J connectivity index is 0.000000132. The number of phenols is 7. The molecule has 0 saturated heterocycles. The molecule has 0 aromatic heterocycles. The van der Waals surface area contributed by atoms with E-state index in [-0.39, 0.29) is 76.3 Å². The minimum Gasteiger partial charge on any atom is -0.508 e. The first-order chi connectivity index (χ1) is 39.4. The molecule has 8 atom stereocenters. The SMILES string of the molecule is COc1ccc(C2COc3c(ccc(O)c3C)C2O)cc1.COc1ccc(C2COc3c(ccc(O)c3O)C2O)cc1.Cc1c(O)ccc2c1OCC(c1ccc(O)cc1)C2O.Cc1c(O)ccc2c1OCC(c1cccc(O)c1)C2O. The topological polar surface area (TPSA) is 278 Å². The monoisotopic (exact) mass is 1120 g/mol. The maximum absolute atomic E-state index is 10.6. The van der Waals surface area contributed by atoms with Crippen LogP contribution in [0, 0.1) is 20.8 Å². The predicted molar refractivity (Wildman–Crippen MR) is 303 cm³/mol. The second-order valence-corrected chi connectivity index (χ2v) is 20.4. The maximum atomic E-state index is 10.6. The summed E-state index contributed by atoms with van der Waals surface area (Å²) < 4.78 is 33.0. The zero-order valence-corrected chi connectivity index (χ0v) is 45.7. The summed E-state index contributed by atoms with van der Waals surface area (Å²) in [5.41, 5.74) is 8.14. The molecular weight excluding hydrogens is 1050 g/mol. The molecule has 4 aliphatic heterocycles. The molecule has 0 amide bonds. The van der Waals surface area contributed by atoms with Crippen LogP contribution in [-0.4, -0.2) is 96.8 Å². The molecule has 8 unspecified atom stereocenters. The van der Waals surface area contributed by atoms with E-state index in [1.54, 1.807) is 120 Å². The summed E-state index contributed by atoms with van der Waals surface area (Å²) in [6.45, 7) is 6.55. The Morgan fingerprint density at radius 3 is 1.01 bits per heavy atom. The van der Waals surface area contributed by atoms with Gasteiger partial charge in [0, 0.05) is 62.6 Å². The quantitative estimate of drug-likeness (QED) is 0.0691. The van der Waals surface area contributed by atoms with E-state index in [1.165, 1.54) is 6.07 Å². The molecule has 11 N–H and O–H groups in total. The van der Waals surface area contributed by atoms with E-state index in [1.807, 2.05) is 54.6 Å². The third kappa shape index (κ3) is 11.9. The number of aliphatic hydroxyl groups excluding tert-OH is 4. The minimum atomic E-state index is -0.811. The summed E-state index contributed by atoms with van der Waals surface area (Å²) in [5.74, 6) is 2.85. The third-order valence-corrected chi connectivity index (χ3v) is 15.5. The molecule has 17 nitrogen and oxygen atoms in total. The highest BCUT2D eigenvalue weighted by atomic mass is 16.5. The summed E-state index contributed by atoms with van der Waals surface area (Å²) in [6, 6.07) is 41.3. The summed E-state index contributed by atoms with van der Waals surface area (Å²) in [4.78, 5) is 0. The average Bonchev–Trinajstić information content (AvgIpc) is 3.48. The fourth-order valence-corrected chi connectivity index (χ4v) is 10.6. The number of hydrogen-bond acceptors (Lipinski definition) is 17. The second kappa shape index (κ2) is 24.8. The van der Waals surface area contributed by atoms with Crippen molar-refractivity contribution in [1.29, 1.82) is 0 Å². The van der Waals surface area contributed by atoms with Crippen molar-refractivity contribution in [3.05, 3.63) is 207 Å². The number of rotatable bonds is 6. The van der Waals surface area contributed by atoms with Crippen LogP contribution in [0.1, 0.15) is 109 Å². The number of aliphatic hydroxyl groups is 4. The van der Waals surface area contributed by atoms with Gasteiger partial charge in [-0.3, -0.25) is 0 Å². The van der Waals surface area contributed by atoms with Crippen molar-refractivity contribution in [2.45, 2.75) is 68.9 Å². The third-order valence-electron chi connectivity index (χ3n) is 15.5. The molecule has 4 heterocycles. The highest BCUT2D eigenvalue weighted by Gasteiger charge is 2.36. The molecule has 0 spiro atoms. The number of fused-ring (bicyclic) bond motifs is 4. The van der Waals surface area contributed by atoms with Gasteiger partial charge >= 0.3 is 0 Å². The van der Waals surface area contributed by atoms with Crippen LogP contribution in [0.3, 0.4) is 0 Å². The first-order valence-electron chi connectivity index (χ1n) is 26.5. The molecule has 0 bridgehead atoms. The van der Waals surface area contributed by atoms with Crippen LogP contribution < -0.4 is 28.4 Å². The Morgan fingerprint density at radius 1 is 0.341 bits per heavy atom. The van der Waals surface area contributed by atoms with Gasteiger partial charge in [-0.2, -0.15) is 0 Å². The van der Waals surface area contributed by atoms with Gasteiger partial charge in [0.05, 0.1) is 65.1 Å². The number of methoxy groups -OCH3 is 2. The predicted octanol–water partition coefficient (Wildman–Crippen LogP) is 10.5. The zero-order valence-electron chi connectivity index (χ0n) is 45.7. The zero-order chi connectivity index (χ0) is 58.5. The number of aromatic hydroxyl groups is 7. The molecule has 8 aromatic rings. The normalized spacial score (nSPS) is 20.8. The van der Waals surface area contributed by atoms with Gasteiger partial charge in [-0.25, -0.2) is 0 Å². The molecule has 0 radical (unpaired) electrons. The minimum absolute atomic E-state index is 0.132. The summed E-state index contributed by atoms with van der Waals surface area (Å²) in [5, 5.41) is 109. The van der Waals surface area contributed by atoms with Crippen LogP contribution >= 0.6 is 0 Å². The van der Waals surface area contributed by atoms with E-state index >= 15 is 0 Å². The molecule has 17 heteroatoms. The van der Waals surface area contributed by atoms with Crippen molar-refractivity contribution in [2.75, 3.05) is 40.6 Å². The molecule has 0 fully saturated rings. The van der Waals surface area contributed by atoms with Crippen molar-refractivity contribution in [2.24, 2.45) is 0 Å². The van der Waals surface area contributed by atoms with Gasteiger partial charge in [0.15, 0.2) is 11.5 Å².